The van der Waals surface area contributed by atoms with Gasteiger partial charge in [-0.2, -0.15) is 26.3 Å². The van der Waals surface area contributed by atoms with E-state index < -0.39 is 0 Å². The molecule has 8 aromatic rings. The van der Waals surface area contributed by atoms with Gasteiger partial charge in [0.15, 0.2) is 0 Å². The smallest absolute Gasteiger partial charge is 0.0992 e. The zero-order valence-corrected chi connectivity index (χ0v) is 26.0. The molecular weight excluding hydrogens is 603 g/mol. The number of aryl methyl sites for hydroxylation is 1. The zero-order valence-electron chi connectivity index (χ0n) is 26.0. The summed E-state index contributed by atoms with van der Waals surface area (Å²) in [6.07, 6.45) is 0. The van der Waals surface area contributed by atoms with Crippen LogP contribution in [0.2, 0.25) is 0 Å². The van der Waals surface area contributed by atoms with Gasteiger partial charge in [0.2, 0.25) is 0 Å². The second-order valence-electron chi connectivity index (χ2n) is 11.9. The van der Waals surface area contributed by atoms with E-state index in [0.29, 0.717) is 27.8 Å². The molecule has 2 aromatic heterocycles. The second-order valence-corrected chi connectivity index (χ2v) is 11.9. The Kier molecular flexibility index (Phi) is 6.48. The first-order chi connectivity index (χ1) is 24.0. The molecule has 7 heteroatoms. The minimum Gasteiger partial charge on any atom is -0.307 e. The van der Waals surface area contributed by atoms with Crippen molar-refractivity contribution in [1.82, 2.24) is 9.13 Å². The first-order valence-corrected chi connectivity index (χ1v) is 15.4. The average Bonchev–Trinajstić information content (AvgIpc) is 3.65. The lowest BCUT2D eigenvalue weighted by Gasteiger charge is -2.20. The van der Waals surface area contributed by atoms with Gasteiger partial charge in [0.25, 0.3) is 0 Å². The van der Waals surface area contributed by atoms with Crippen LogP contribution in [0, 0.1) is 63.6 Å². The summed E-state index contributed by atoms with van der Waals surface area (Å²) < 4.78 is 4.17. The molecule has 0 spiro atoms. The quantitative estimate of drug-likeness (QED) is 0.194. The first kappa shape index (κ1) is 28.8. The van der Waals surface area contributed by atoms with Crippen LogP contribution in [-0.4, -0.2) is 9.13 Å². The van der Waals surface area contributed by atoms with Gasteiger partial charge in [0.05, 0.1) is 91.6 Å². The van der Waals surface area contributed by atoms with Crippen molar-refractivity contribution >= 4 is 43.6 Å². The molecule has 8 rings (SSSR count). The number of nitriles is 5. The molecule has 2 heterocycles. The Hall–Kier alpha value is -7.63. The standard InChI is InChI=1S/C42H21N7/c1-25-13-41(48-37-15-27(21-44)5-9-32(37)33-10-6-28(22-45)16-38(33)48)42(19-36(25)31-4-2-3-26(14-31)20-43)49-39-17-29(23-46)7-11-34(39)35-12-8-30(24-47)18-40(35)49/h2-19H,1H3. The van der Waals surface area contributed by atoms with E-state index in [-0.39, 0.29) is 0 Å². The summed E-state index contributed by atoms with van der Waals surface area (Å²) in [5.74, 6) is 0. The Balaban J connectivity index is 1.61. The molecule has 0 radical (unpaired) electrons. The monoisotopic (exact) mass is 623 g/mol. The molecule has 0 aliphatic rings. The van der Waals surface area contributed by atoms with Crippen LogP contribution in [0.3, 0.4) is 0 Å². The maximum Gasteiger partial charge on any atom is 0.0992 e. The molecule has 0 unspecified atom stereocenters. The highest BCUT2D eigenvalue weighted by Gasteiger charge is 2.22. The molecule has 0 aliphatic heterocycles. The second kappa shape index (κ2) is 11.0. The van der Waals surface area contributed by atoms with Crippen LogP contribution in [0.5, 0.6) is 0 Å². The maximum atomic E-state index is 9.95. The van der Waals surface area contributed by atoms with Crippen molar-refractivity contribution in [3.05, 3.63) is 143 Å². The summed E-state index contributed by atoms with van der Waals surface area (Å²) >= 11 is 0. The highest BCUT2D eigenvalue weighted by molar-refractivity contribution is 6.12. The Bertz CT molecular complexity index is 2810. The summed E-state index contributed by atoms with van der Waals surface area (Å²) in [4.78, 5) is 0. The third-order valence-corrected chi connectivity index (χ3v) is 9.16. The molecule has 224 valence electrons. The number of aromatic nitrogens is 2. The van der Waals surface area contributed by atoms with Gasteiger partial charge in [-0.1, -0.05) is 36.4 Å². The van der Waals surface area contributed by atoms with Gasteiger partial charge in [-0.3, -0.25) is 0 Å². The van der Waals surface area contributed by atoms with Crippen molar-refractivity contribution in [2.24, 2.45) is 0 Å². The van der Waals surface area contributed by atoms with E-state index in [4.69, 9.17) is 0 Å². The molecule has 49 heavy (non-hydrogen) atoms. The Morgan fingerprint density at radius 2 is 0.776 bits per heavy atom. The lowest BCUT2D eigenvalue weighted by Crippen LogP contribution is -2.05. The third-order valence-electron chi connectivity index (χ3n) is 9.16. The van der Waals surface area contributed by atoms with Crippen LogP contribution >= 0.6 is 0 Å². The van der Waals surface area contributed by atoms with Gasteiger partial charge in [0.1, 0.15) is 0 Å². The SMILES string of the molecule is Cc1cc(-n2c3cc(C#N)ccc3c3ccc(C#N)cc32)c(-n2c3cc(C#N)ccc3c3ccc(C#N)cc32)cc1-c1cccc(C#N)c1. The number of fused-ring (bicyclic) bond motifs is 6. The van der Waals surface area contributed by atoms with Gasteiger partial charge < -0.3 is 9.13 Å². The largest absolute Gasteiger partial charge is 0.307 e. The summed E-state index contributed by atoms with van der Waals surface area (Å²) in [6, 6.07) is 45.3. The fraction of sp³-hybridized carbons (Fsp3) is 0.0238. The van der Waals surface area contributed by atoms with Crippen molar-refractivity contribution < 1.29 is 0 Å². The highest BCUT2D eigenvalue weighted by atomic mass is 15.1. The van der Waals surface area contributed by atoms with Crippen LogP contribution in [0.4, 0.5) is 0 Å². The molecule has 0 saturated carbocycles. The molecular formula is C42H21N7. The van der Waals surface area contributed by atoms with E-state index in [0.717, 1.165) is 71.7 Å². The number of rotatable bonds is 3. The molecule has 0 bridgehead atoms. The van der Waals surface area contributed by atoms with Crippen LogP contribution in [-0.2, 0) is 0 Å². The summed E-state index contributed by atoms with van der Waals surface area (Å²) in [5, 5.41) is 53.1. The fourth-order valence-electron chi connectivity index (χ4n) is 6.94. The number of benzene rings is 6. The van der Waals surface area contributed by atoms with E-state index in [1.807, 2.05) is 73.7 Å². The summed E-state index contributed by atoms with van der Waals surface area (Å²) in [6.45, 7) is 2.02. The van der Waals surface area contributed by atoms with Crippen molar-refractivity contribution in [2.45, 2.75) is 6.92 Å². The molecule has 0 N–H and O–H groups in total. The topological polar surface area (TPSA) is 129 Å². The van der Waals surface area contributed by atoms with Crippen LogP contribution in [0.15, 0.2) is 109 Å². The number of nitrogens with zero attached hydrogens (tertiary/aromatic N) is 7. The van der Waals surface area contributed by atoms with E-state index in [9.17, 15) is 26.3 Å². The first-order valence-electron chi connectivity index (χ1n) is 15.4. The van der Waals surface area contributed by atoms with Gasteiger partial charge >= 0.3 is 0 Å². The van der Waals surface area contributed by atoms with E-state index in [2.05, 4.69) is 51.6 Å². The molecule has 0 fully saturated rings. The van der Waals surface area contributed by atoms with Crippen LogP contribution in [0.1, 0.15) is 33.4 Å². The minimum atomic E-state index is 0.488. The van der Waals surface area contributed by atoms with Crippen LogP contribution in [0.25, 0.3) is 66.1 Å². The molecule has 0 saturated heterocycles. The molecule has 6 aromatic carbocycles. The third kappa shape index (κ3) is 4.39. The maximum absolute atomic E-state index is 9.95. The Labute approximate surface area is 280 Å². The van der Waals surface area contributed by atoms with E-state index in [1.54, 1.807) is 30.3 Å². The summed E-state index contributed by atoms with van der Waals surface area (Å²) in [5.41, 5.74) is 9.86. The predicted octanol–water partition coefficient (Wildman–Crippen LogP) is 9.21. The number of hydrogen-bond acceptors (Lipinski definition) is 5. The van der Waals surface area contributed by atoms with E-state index in [1.165, 1.54) is 0 Å². The minimum absolute atomic E-state index is 0.488. The van der Waals surface area contributed by atoms with Crippen molar-refractivity contribution in [3.63, 3.8) is 0 Å². The molecule has 0 aliphatic carbocycles. The van der Waals surface area contributed by atoms with Gasteiger partial charge in [-0.15, -0.1) is 0 Å². The Morgan fingerprint density at radius 1 is 0.408 bits per heavy atom. The van der Waals surface area contributed by atoms with Gasteiger partial charge in [-0.05, 0) is 96.4 Å². The Morgan fingerprint density at radius 3 is 1.16 bits per heavy atom. The van der Waals surface area contributed by atoms with Crippen molar-refractivity contribution in [3.8, 4) is 52.8 Å². The fourth-order valence-corrected chi connectivity index (χ4v) is 6.94. The van der Waals surface area contributed by atoms with Crippen LogP contribution < -0.4 is 0 Å². The molecule has 7 nitrogen and oxygen atoms in total. The van der Waals surface area contributed by atoms with E-state index >= 15 is 0 Å². The highest BCUT2D eigenvalue weighted by Crippen LogP contribution is 2.41. The molecule has 0 amide bonds. The average molecular weight is 624 g/mol. The molecule has 0 atom stereocenters. The summed E-state index contributed by atoms with van der Waals surface area (Å²) in [7, 11) is 0. The number of hydrogen-bond donors (Lipinski definition) is 0. The lowest BCUT2D eigenvalue weighted by molar-refractivity contribution is 1.09. The van der Waals surface area contributed by atoms with Gasteiger partial charge in [0, 0.05) is 21.5 Å². The lowest BCUT2D eigenvalue weighted by atomic mass is 9.97. The normalized spacial score (nSPS) is 10.9. The predicted molar refractivity (Wildman–Crippen MR) is 189 cm³/mol. The van der Waals surface area contributed by atoms with Gasteiger partial charge in [-0.25, -0.2) is 0 Å². The zero-order chi connectivity index (χ0) is 33.8. The van der Waals surface area contributed by atoms with Crippen molar-refractivity contribution in [2.75, 3.05) is 0 Å². The van der Waals surface area contributed by atoms with Crippen molar-refractivity contribution in [1.29, 1.82) is 26.3 Å².